The van der Waals surface area contributed by atoms with Crippen LogP contribution >= 0.6 is 35.3 Å². The van der Waals surface area contributed by atoms with Gasteiger partial charge in [-0.2, -0.15) is 0 Å². The van der Waals surface area contributed by atoms with Crippen molar-refractivity contribution in [2.24, 2.45) is 5.73 Å². The van der Waals surface area contributed by atoms with Crippen molar-refractivity contribution in [3.05, 3.63) is 56.6 Å². The highest BCUT2D eigenvalue weighted by atomic mass is 32.2. The molecular formula is C22H20FN3O3S3. The van der Waals surface area contributed by atoms with Crippen molar-refractivity contribution < 1.29 is 18.8 Å². The van der Waals surface area contributed by atoms with Gasteiger partial charge in [0.05, 0.1) is 10.5 Å². The standard InChI is InChI=1S/C22H20FN3O3S3/c23-14-7-3-1-5-12(14)11-16-21(29)26(22(30)32-16)10-9-17(27)25-20-18(19(24)28)13-6-2-4-8-15(13)31-20/h1,3,5,7,11H,2,4,6,8-10H2,(H2,24,28)(H,25,27)/b16-11+. The highest BCUT2D eigenvalue weighted by Gasteiger charge is 2.32. The number of thiocarbonyl (C=S) groups is 1. The third kappa shape index (κ3) is 4.62. The zero-order valence-electron chi connectivity index (χ0n) is 17.0. The Morgan fingerprint density at radius 2 is 2.00 bits per heavy atom. The zero-order valence-corrected chi connectivity index (χ0v) is 19.4. The number of nitrogens with zero attached hydrogens (tertiary/aromatic N) is 1. The van der Waals surface area contributed by atoms with Gasteiger partial charge in [-0.05, 0) is 43.4 Å². The lowest BCUT2D eigenvalue weighted by Gasteiger charge is -2.14. The second kappa shape index (κ2) is 9.51. The van der Waals surface area contributed by atoms with Crippen LogP contribution in [0, 0.1) is 5.82 Å². The Labute approximate surface area is 198 Å². The first kappa shape index (κ1) is 22.6. The summed E-state index contributed by atoms with van der Waals surface area (Å²) in [6.45, 7) is 0.0854. The maximum Gasteiger partial charge on any atom is 0.266 e. The molecule has 0 radical (unpaired) electrons. The predicted molar refractivity (Wildman–Crippen MR) is 129 cm³/mol. The number of halogens is 1. The SMILES string of the molecule is NC(=O)c1c(NC(=O)CCN2C(=O)/C(=C\c3ccccc3F)SC2=S)sc2c1CCCC2. The Bertz CT molecular complexity index is 1160. The summed E-state index contributed by atoms with van der Waals surface area (Å²) in [5.74, 6) is -1.67. The highest BCUT2D eigenvalue weighted by molar-refractivity contribution is 8.26. The van der Waals surface area contributed by atoms with Crippen LogP contribution in [0.1, 0.15) is 45.6 Å². The molecule has 3 amide bonds. The van der Waals surface area contributed by atoms with Gasteiger partial charge in [0.2, 0.25) is 5.91 Å². The maximum atomic E-state index is 13.9. The van der Waals surface area contributed by atoms with E-state index in [-0.39, 0.29) is 24.8 Å². The van der Waals surface area contributed by atoms with Crippen molar-refractivity contribution in [1.29, 1.82) is 0 Å². The number of nitrogens with one attached hydrogen (secondary N) is 1. The molecular weight excluding hydrogens is 469 g/mol. The summed E-state index contributed by atoms with van der Waals surface area (Å²) < 4.78 is 14.2. The number of carbonyl (C=O) groups is 3. The Hall–Kier alpha value is -2.56. The van der Waals surface area contributed by atoms with Gasteiger partial charge < -0.3 is 11.1 Å². The predicted octanol–water partition coefficient (Wildman–Crippen LogP) is 4.09. The van der Waals surface area contributed by atoms with Crippen LogP contribution in [0.3, 0.4) is 0 Å². The van der Waals surface area contributed by atoms with E-state index in [4.69, 9.17) is 18.0 Å². The topological polar surface area (TPSA) is 92.5 Å². The molecule has 1 aromatic heterocycles. The fraction of sp³-hybridized carbons (Fsp3) is 0.273. The number of nitrogens with two attached hydrogens (primary N) is 1. The van der Waals surface area contributed by atoms with E-state index in [1.807, 2.05) is 0 Å². The Morgan fingerprint density at radius 3 is 2.75 bits per heavy atom. The first-order valence-electron chi connectivity index (χ1n) is 10.1. The summed E-state index contributed by atoms with van der Waals surface area (Å²) in [6.07, 6.45) is 5.16. The summed E-state index contributed by atoms with van der Waals surface area (Å²) in [6, 6.07) is 6.15. The Kier molecular flexibility index (Phi) is 6.73. The smallest absolute Gasteiger partial charge is 0.266 e. The molecule has 1 saturated heterocycles. The lowest BCUT2D eigenvalue weighted by molar-refractivity contribution is -0.122. The fourth-order valence-electron chi connectivity index (χ4n) is 3.74. The average molecular weight is 490 g/mol. The number of benzene rings is 1. The second-order valence-electron chi connectivity index (χ2n) is 7.43. The van der Waals surface area contributed by atoms with Gasteiger partial charge in [0.1, 0.15) is 15.1 Å². The normalized spacial score (nSPS) is 17.0. The molecule has 3 N–H and O–H groups in total. The van der Waals surface area contributed by atoms with E-state index in [0.29, 0.717) is 25.4 Å². The van der Waals surface area contributed by atoms with Crippen molar-refractivity contribution >= 4 is 68.4 Å². The van der Waals surface area contributed by atoms with E-state index in [9.17, 15) is 18.8 Å². The largest absolute Gasteiger partial charge is 0.365 e. The van der Waals surface area contributed by atoms with Crippen LogP contribution in [0.5, 0.6) is 0 Å². The monoisotopic (exact) mass is 489 g/mol. The van der Waals surface area contributed by atoms with Gasteiger partial charge >= 0.3 is 0 Å². The van der Waals surface area contributed by atoms with E-state index < -0.39 is 11.7 Å². The average Bonchev–Trinajstić information content (AvgIpc) is 3.24. The van der Waals surface area contributed by atoms with Crippen molar-refractivity contribution in [3.8, 4) is 0 Å². The summed E-state index contributed by atoms with van der Waals surface area (Å²) >= 11 is 7.75. The number of rotatable bonds is 6. The molecule has 166 valence electrons. The molecule has 2 aliphatic rings. The molecule has 1 aromatic carbocycles. The number of aryl methyl sites for hydroxylation is 1. The van der Waals surface area contributed by atoms with E-state index in [2.05, 4.69) is 5.32 Å². The molecule has 1 fully saturated rings. The van der Waals surface area contributed by atoms with Crippen LogP contribution in [0.25, 0.3) is 6.08 Å². The molecule has 32 heavy (non-hydrogen) atoms. The molecule has 0 bridgehead atoms. The van der Waals surface area contributed by atoms with Crippen molar-refractivity contribution in [2.45, 2.75) is 32.1 Å². The number of hydrogen-bond acceptors (Lipinski definition) is 6. The summed E-state index contributed by atoms with van der Waals surface area (Å²) in [4.78, 5) is 40.0. The van der Waals surface area contributed by atoms with Crippen LogP contribution in [0.15, 0.2) is 29.2 Å². The molecule has 1 aliphatic carbocycles. The number of thiophene rings is 1. The minimum absolute atomic E-state index is 0.000185. The Morgan fingerprint density at radius 1 is 1.25 bits per heavy atom. The lowest BCUT2D eigenvalue weighted by Crippen LogP contribution is -2.31. The van der Waals surface area contributed by atoms with Gasteiger partial charge in [-0.1, -0.05) is 42.2 Å². The van der Waals surface area contributed by atoms with E-state index in [0.717, 1.165) is 47.9 Å². The molecule has 4 rings (SSSR count). The minimum Gasteiger partial charge on any atom is -0.365 e. The molecule has 2 heterocycles. The first-order valence-corrected chi connectivity index (χ1v) is 12.1. The van der Waals surface area contributed by atoms with E-state index in [1.54, 1.807) is 18.2 Å². The fourth-order valence-corrected chi connectivity index (χ4v) is 6.35. The number of thioether (sulfide) groups is 1. The number of anilines is 1. The third-order valence-electron chi connectivity index (χ3n) is 5.30. The van der Waals surface area contributed by atoms with Crippen molar-refractivity contribution in [3.63, 3.8) is 0 Å². The highest BCUT2D eigenvalue weighted by Crippen LogP contribution is 2.38. The molecule has 10 heteroatoms. The van der Waals surface area contributed by atoms with Gasteiger partial charge in [-0.15, -0.1) is 11.3 Å². The minimum atomic E-state index is -0.546. The van der Waals surface area contributed by atoms with E-state index in [1.165, 1.54) is 28.4 Å². The second-order valence-corrected chi connectivity index (χ2v) is 10.2. The molecule has 0 unspecified atom stereocenters. The van der Waals surface area contributed by atoms with Crippen molar-refractivity contribution in [1.82, 2.24) is 4.90 Å². The molecule has 1 aliphatic heterocycles. The molecule has 6 nitrogen and oxygen atoms in total. The molecule has 0 atom stereocenters. The number of amides is 3. The lowest BCUT2D eigenvalue weighted by atomic mass is 9.95. The van der Waals surface area contributed by atoms with Gasteiger partial charge in [-0.3, -0.25) is 19.3 Å². The zero-order chi connectivity index (χ0) is 22.8. The molecule has 0 saturated carbocycles. The summed E-state index contributed by atoms with van der Waals surface area (Å²) in [5.41, 5.74) is 7.21. The van der Waals surface area contributed by atoms with Gasteiger partial charge in [-0.25, -0.2) is 4.39 Å². The number of hydrogen-bond donors (Lipinski definition) is 2. The number of fused-ring (bicyclic) bond motifs is 1. The quantitative estimate of drug-likeness (QED) is 0.471. The number of carbonyl (C=O) groups excluding carboxylic acids is 3. The van der Waals surface area contributed by atoms with Crippen LogP contribution < -0.4 is 11.1 Å². The Balaban J connectivity index is 1.42. The van der Waals surface area contributed by atoms with Crippen LogP contribution in [0.4, 0.5) is 9.39 Å². The molecule has 2 aromatic rings. The van der Waals surface area contributed by atoms with E-state index >= 15 is 0 Å². The molecule has 0 spiro atoms. The van der Waals surface area contributed by atoms with Gasteiger partial charge in [0, 0.05) is 23.4 Å². The summed E-state index contributed by atoms with van der Waals surface area (Å²) in [5, 5.41) is 3.26. The first-order chi connectivity index (χ1) is 15.3. The van der Waals surface area contributed by atoms with Gasteiger partial charge in [0.25, 0.3) is 11.8 Å². The van der Waals surface area contributed by atoms with Crippen LogP contribution in [0.2, 0.25) is 0 Å². The number of primary amides is 1. The maximum absolute atomic E-state index is 13.9. The van der Waals surface area contributed by atoms with Crippen molar-refractivity contribution in [2.75, 3.05) is 11.9 Å². The third-order valence-corrected chi connectivity index (χ3v) is 7.88. The van der Waals surface area contributed by atoms with Gasteiger partial charge in [0.15, 0.2) is 0 Å². The summed E-state index contributed by atoms with van der Waals surface area (Å²) in [7, 11) is 0. The van der Waals surface area contributed by atoms with Crippen LogP contribution in [-0.2, 0) is 22.4 Å². The van der Waals surface area contributed by atoms with Crippen LogP contribution in [-0.4, -0.2) is 33.5 Å².